The topological polar surface area (TPSA) is 41.1 Å². The lowest BCUT2D eigenvalue weighted by Gasteiger charge is -2.25. The number of hydrogen-bond donors (Lipinski definition) is 2. The van der Waals surface area contributed by atoms with Gasteiger partial charge in [-0.25, -0.2) is 0 Å². The van der Waals surface area contributed by atoms with Crippen molar-refractivity contribution in [3.8, 4) is 11.8 Å². The average molecular weight is 332 g/mol. The molecule has 0 bridgehead atoms. The van der Waals surface area contributed by atoms with Crippen LogP contribution in [0, 0.1) is 11.8 Å². The molecule has 1 aliphatic carbocycles. The fourth-order valence-electron chi connectivity index (χ4n) is 3.17. The van der Waals surface area contributed by atoms with Gasteiger partial charge in [0.2, 0.25) is 5.91 Å². The molecular formula is C22H24N2O. The van der Waals surface area contributed by atoms with Gasteiger partial charge in [-0.15, -0.1) is 0 Å². The van der Waals surface area contributed by atoms with Crippen molar-refractivity contribution < 1.29 is 4.79 Å². The lowest BCUT2D eigenvalue weighted by molar-refractivity contribution is -0.114. The average Bonchev–Trinajstić information content (AvgIpc) is 2.63. The van der Waals surface area contributed by atoms with E-state index in [2.05, 4.69) is 22.5 Å². The van der Waals surface area contributed by atoms with E-state index in [1.54, 1.807) is 0 Å². The molecule has 0 saturated heterocycles. The Balaban J connectivity index is 1.84. The number of hydrogen-bond acceptors (Lipinski definition) is 2. The summed E-state index contributed by atoms with van der Waals surface area (Å²) in [5.41, 5.74) is 3.72. The molecule has 0 aliphatic heterocycles. The lowest BCUT2D eigenvalue weighted by Crippen LogP contribution is -2.23. The van der Waals surface area contributed by atoms with Crippen molar-refractivity contribution in [3.05, 3.63) is 59.7 Å². The minimum Gasteiger partial charge on any atom is -0.381 e. The third-order valence-electron chi connectivity index (χ3n) is 4.42. The predicted octanol–water partition coefficient (Wildman–Crippen LogP) is 4.79. The van der Waals surface area contributed by atoms with E-state index in [-0.39, 0.29) is 5.91 Å². The van der Waals surface area contributed by atoms with Crippen molar-refractivity contribution in [1.82, 2.24) is 0 Å². The van der Waals surface area contributed by atoms with Crippen molar-refractivity contribution in [3.63, 3.8) is 0 Å². The molecule has 3 nitrogen and oxygen atoms in total. The van der Waals surface area contributed by atoms with Gasteiger partial charge < -0.3 is 10.6 Å². The van der Waals surface area contributed by atoms with Crippen LogP contribution in [0.3, 0.4) is 0 Å². The Morgan fingerprint density at radius 2 is 1.64 bits per heavy atom. The van der Waals surface area contributed by atoms with Gasteiger partial charge in [-0.3, -0.25) is 4.79 Å². The highest BCUT2D eigenvalue weighted by Gasteiger charge is 2.15. The van der Waals surface area contributed by atoms with Crippen molar-refractivity contribution in [2.45, 2.75) is 45.1 Å². The molecule has 0 unspecified atom stereocenters. The Bertz CT molecular complexity index is 781. The summed E-state index contributed by atoms with van der Waals surface area (Å²) < 4.78 is 0. The summed E-state index contributed by atoms with van der Waals surface area (Å²) in [6, 6.07) is 16.3. The second kappa shape index (κ2) is 8.39. The molecule has 3 heteroatoms. The quantitative estimate of drug-likeness (QED) is 0.794. The number of nitrogens with one attached hydrogen (secondary N) is 2. The smallest absolute Gasteiger partial charge is 0.221 e. The van der Waals surface area contributed by atoms with E-state index >= 15 is 0 Å². The summed E-state index contributed by atoms with van der Waals surface area (Å²) in [4.78, 5) is 11.5. The van der Waals surface area contributed by atoms with Crippen molar-refractivity contribution in [2.24, 2.45) is 0 Å². The maximum Gasteiger partial charge on any atom is 0.221 e. The third-order valence-corrected chi connectivity index (χ3v) is 4.42. The van der Waals surface area contributed by atoms with Gasteiger partial charge in [0, 0.05) is 24.1 Å². The Morgan fingerprint density at radius 3 is 2.36 bits per heavy atom. The van der Waals surface area contributed by atoms with E-state index in [1.807, 2.05) is 48.5 Å². The molecule has 0 radical (unpaired) electrons. The van der Waals surface area contributed by atoms with Gasteiger partial charge in [-0.05, 0) is 43.2 Å². The van der Waals surface area contributed by atoms with Gasteiger partial charge >= 0.3 is 0 Å². The van der Waals surface area contributed by atoms with Crippen LogP contribution in [0.4, 0.5) is 11.4 Å². The van der Waals surface area contributed by atoms with Crippen LogP contribution in [0.1, 0.15) is 50.2 Å². The summed E-state index contributed by atoms with van der Waals surface area (Å²) in [6.45, 7) is 1.54. The minimum absolute atomic E-state index is 0.0604. The van der Waals surface area contributed by atoms with Crippen LogP contribution < -0.4 is 10.6 Å². The summed E-state index contributed by atoms with van der Waals surface area (Å²) in [7, 11) is 0. The first-order valence-corrected chi connectivity index (χ1v) is 8.96. The standard InChI is InChI=1S/C22H24N2O/c1-17(25)23-21-15-14-19(13-12-18-8-4-2-5-9-18)16-22(21)24-20-10-6-3-7-11-20/h2,4-5,8-9,14-16,20,24H,3,6-7,10-11H2,1H3,(H,23,25). The molecule has 1 fully saturated rings. The second-order valence-electron chi connectivity index (χ2n) is 6.54. The largest absolute Gasteiger partial charge is 0.381 e. The number of anilines is 2. The van der Waals surface area contributed by atoms with Crippen molar-refractivity contribution >= 4 is 17.3 Å². The maximum absolute atomic E-state index is 11.5. The van der Waals surface area contributed by atoms with Crippen LogP contribution in [0.2, 0.25) is 0 Å². The molecule has 0 spiro atoms. The monoisotopic (exact) mass is 332 g/mol. The Hall–Kier alpha value is -2.73. The van der Waals surface area contributed by atoms with Gasteiger partial charge in [0.25, 0.3) is 0 Å². The SMILES string of the molecule is CC(=O)Nc1ccc(C#Cc2ccccc2)cc1NC1CCCCC1. The molecule has 2 N–H and O–H groups in total. The third kappa shape index (κ3) is 5.12. The molecule has 1 amide bonds. The van der Waals surface area contributed by atoms with E-state index in [0.717, 1.165) is 22.5 Å². The molecule has 25 heavy (non-hydrogen) atoms. The molecule has 0 aromatic heterocycles. The number of carbonyl (C=O) groups is 1. The van der Waals surface area contributed by atoms with Gasteiger partial charge in [0.15, 0.2) is 0 Å². The van der Waals surface area contributed by atoms with Crippen LogP contribution in [0.25, 0.3) is 0 Å². The van der Waals surface area contributed by atoms with Crippen LogP contribution >= 0.6 is 0 Å². The lowest BCUT2D eigenvalue weighted by atomic mass is 9.95. The fourth-order valence-corrected chi connectivity index (χ4v) is 3.17. The second-order valence-corrected chi connectivity index (χ2v) is 6.54. The Morgan fingerprint density at radius 1 is 0.920 bits per heavy atom. The molecule has 1 saturated carbocycles. The van der Waals surface area contributed by atoms with Gasteiger partial charge in [0.1, 0.15) is 0 Å². The maximum atomic E-state index is 11.5. The van der Waals surface area contributed by atoms with Crippen LogP contribution in [0.15, 0.2) is 48.5 Å². The van der Waals surface area contributed by atoms with E-state index in [4.69, 9.17) is 0 Å². The normalized spacial score (nSPS) is 14.3. The summed E-state index contributed by atoms with van der Waals surface area (Å²) in [6.07, 6.45) is 6.21. The summed E-state index contributed by atoms with van der Waals surface area (Å²) >= 11 is 0. The summed E-state index contributed by atoms with van der Waals surface area (Å²) in [5.74, 6) is 6.34. The molecule has 2 aromatic carbocycles. The van der Waals surface area contributed by atoms with Crippen LogP contribution in [-0.2, 0) is 4.79 Å². The molecular weight excluding hydrogens is 308 g/mol. The number of benzene rings is 2. The minimum atomic E-state index is -0.0604. The zero-order chi connectivity index (χ0) is 17.5. The Labute approximate surface area is 149 Å². The zero-order valence-corrected chi connectivity index (χ0v) is 14.6. The summed E-state index contributed by atoms with van der Waals surface area (Å²) in [5, 5.41) is 6.53. The van der Waals surface area contributed by atoms with E-state index in [9.17, 15) is 4.79 Å². The highest BCUT2D eigenvalue weighted by molar-refractivity contribution is 5.92. The van der Waals surface area contributed by atoms with Gasteiger partial charge in [-0.1, -0.05) is 49.3 Å². The van der Waals surface area contributed by atoms with Crippen LogP contribution in [-0.4, -0.2) is 11.9 Å². The highest BCUT2D eigenvalue weighted by atomic mass is 16.1. The van der Waals surface area contributed by atoms with Crippen LogP contribution in [0.5, 0.6) is 0 Å². The Kier molecular flexibility index (Phi) is 5.74. The zero-order valence-electron chi connectivity index (χ0n) is 14.6. The van der Waals surface area contributed by atoms with Gasteiger partial charge in [-0.2, -0.15) is 0 Å². The molecule has 128 valence electrons. The molecule has 3 rings (SSSR count). The van der Waals surface area contributed by atoms with E-state index in [1.165, 1.54) is 39.0 Å². The number of amides is 1. The van der Waals surface area contributed by atoms with Crippen molar-refractivity contribution in [2.75, 3.05) is 10.6 Å². The van der Waals surface area contributed by atoms with Gasteiger partial charge in [0.05, 0.1) is 11.4 Å². The first kappa shape index (κ1) is 17.1. The highest BCUT2D eigenvalue weighted by Crippen LogP contribution is 2.28. The first-order valence-electron chi connectivity index (χ1n) is 8.96. The van der Waals surface area contributed by atoms with E-state index in [0.29, 0.717) is 6.04 Å². The fraction of sp³-hybridized carbons (Fsp3) is 0.318. The number of rotatable bonds is 3. The molecule has 0 heterocycles. The molecule has 1 aliphatic rings. The predicted molar refractivity (Wildman–Crippen MR) is 104 cm³/mol. The van der Waals surface area contributed by atoms with Crippen molar-refractivity contribution in [1.29, 1.82) is 0 Å². The molecule has 0 atom stereocenters. The molecule has 2 aromatic rings. The number of carbonyl (C=O) groups excluding carboxylic acids is 1. The first-order chi connectivity index (χ1) is 12.2. The van der Waals surface area contributed by atoms with E-state index < -0.39 is 0 Å².